The normalized spacial score (nSPS) is 11.4. The van der Waals surface area contributed by atoms with Crippen molar-refractivity contribution in [1.29, 1.82) is 0 Å². The number of nitrogens with zero attached hydrogens (tertiary/aromatic N) is 4. The minimum Gasteiger partial charge on any atom is -0.272 e. The Morgan fingerprint density at radius 3 is 2.44 bits per heavy atom. The average molecular weight is 534 g/mol. The van der Waals surface area contributed by atoms with Gasteiger partial charge in [-0.05, 0) is 36.2 Å². The number of hydrazone groups is 1. The van der Waals surface area contributed by atoms with Crippen LogP contribution in [0.1, 0.15) is 25.3 Å². The quantitative estimate of drug-likeness (QED) is 0.160. The third kappa shape index (κ3) is 6.01. The maximum absolute atomic E-state index is 12.6. The van der Waals surface area contributed by atoms with Crippen molar-refractivity contribution in [2.45, 2.75) is 24.9 Å². The molecule has 0 aliphatic carbocycles. The number of nitrogens with one attached hydrogen (secondary N) is 1. The van der Waals surface area contributed by atoms with Crippen LogP contribution in [0.15, 0.2) is 99.7 Å². The molecule has 172 valence electrons. The Morgan fingerprint density at radius 1 is 1.00 bits per heavy atom. The molecule has 1 N–H and O–H groups in total. The van der Waals surface area contributed by atoms with Crippen LogP contribution in [0.25, 0.3) is 17.1 Å². The van der Waals surface area contributed by atoms with E-state index in [0.717, 1.165) is 39.8 Å². The lowest BCUT2D eigenvalue weighted by atomic mass is 10.1. The second-order valence-corrected chi connectivity index (χ2v) is 9.34. The summed E-state index contributed by atoms with van der Waals surface area (Å²) >= 11 is 4.85. The Bertz CT molecular complexity index is 1270. The first kappa shape index (κ1) is 23.9. The minimum absolute atomic E-state index is 0.168. The van der Waals surface area contributed by atoms with E-state index in [1.807, 2.05) is 89.5 Å². The van der Waals surface area contributed by atoms with Gasteiger partial charge in [-0.1, -0.05) is 102 Å². The summed E-state index contributed by atoms with van der Waals surface area (Å²) in [6, 6.07) is 27.7. The SMILES string of the molecule is CCC/C(=N\NC(=O)CSc1nnc(-c2cccc(Br)c2)n1-c1ccccc1)c1ccccc1. The Labute approximate surface area is 211 Å². The van der Waals surface area contributed by atoms with E-state index in [0.29, 0.717) is 11.0 Å². The predicted octanol–water partition coefficient (Wildman–Crippen LogP) is 6.11. The van der Waals surface area contributed by atoms with Gasteiger partial charge in [0.25, 0.3) is 5.91 Å². The zero-order valence-electron chi connectivity index (χ0n) is 18.7. The fourth-order valence-corrected chi connectivity index (χ4v) is 4.56. The second-order valence-electron chi connectivity index (χ2n) is 7.49. The highest BCUT2D eigenvalue weighted by molar-refractivity contribution is 9.10. The van der Waals surface area contributed by atoms with Gasteiger partial charge in [0, 0.05) is 15.7 Å². The molecule has 0 fully saturated rings. The zero-order valence-corrected chi connectivity index (χ0v) is 21.1. The molecule has 34 heavy (non-hydrogen) atoms. The Hall–Kier alpha value is -3.23. The second kappa shape index (κ2) is 11.8. The Balaban J connectivity index is 1.53. The summed E-state index contributed by atoms with van der Waals surface area (Å²) < 4.78 is 2.93. The van der Waals surface area contributed by atoms with Gasteiger partial charge in [-0.15, -0.1) is 10.2 Å². The number of carbonyl (C=O) groups is 1. The topological polar surface area (TPSA) is 72.2 Å². The van der Waals surface area contributed by atoms with Gasteiger partial charge in [-0.3, -0.25) is 9.36 Å². The van der Waals surface area contributed by atoms with Crippen molar-refractivity contribution in [2.24, 2.45) is 5.10 Å². The first-order chi connectivity index (χ1) is 16.7. The highest BCUT2D eigenvalue weighted by Gasteiger charge is 2.17. The van der Waals surface area contributed by atoms with Gasteiger partial charge >= 0.3 is 0 Å². The third-order valence-corrected chi connectivity index (χ3v) is 6.39. The highest BCUT2D eigenvalue weighted by atomic mass is 79.9. The number of hydrogen-bond acceptors (Lipinski definition) is 5. The molecule has 8 heteroatoms. The fourth-order valence-electron chi connectivity index (χ4n) is 3.41. The van der Waals surface area contributed by atoms with Gasteiger partial charge in [-0.25, -0.2) is 5.43 Å². The summed E-state index contributed by atoms with van der Waals surface area (Å²) in [5, 5.41) is 13.9. The molecule has 0 radical (unpaired) electrons. The summed E-state index contributed by atoms with van der Waals surface area (Å²) in [4.78, 5) is 12.6. The van der Waals surface area contributed by atoms with Crippen molar-refractivity contribution in [3.63, 3.8) is 0 Å². The van der Waals surface area contributed by atoms with Crippen LogP contribution in [0.5, 0.6) is 0 Å². The zero-order chi connectivity index (χ0) is 23.8. The summed E-state index contributed by atoms with van der Waals surface area (Å²) in [7, 11) is 0. The molecule has 4 rings (SSSR count). The van der Waals surface area contributed by atoms with Crippen LogP contribution in [0.4, 0.5) is 0 Å². The van der Waals surface area contributed by atoms with Crippen LogP contribution < -0.4 is 5.43 Å². The van der Waals surface area contributed by atoms with E-state index < -0.39 is 0 Å². The summed E-state index contributed by atoms with van der Waals surface area (Å²) in [5.41, 5.74) is 6.44. The summed E-state index contributed by atoms with van der Waals surface area (Å²) in [5.74, 6) is 0.685. The number of halogens is 1. The van der Waals surface area contributed by atoms with Crippen LogP contribution in [-0.4, -0.2) is 32.1 Å². The first-order valence-electron chi connectivity index (χ1n) is 11.0. The Morgan fingerprint density at radius 2 is 1.74 bits per heavy atom. The molecule has 0 bridgehead atoms. The monoisotopic (exact) mass is 533 g/mol. The molecule has 1 heterocycles. The largest absolute Gasteiger partial charge is 0.272 e. The van der Waals surface area contributed by atoms with E-state index in [9.17, 15) is 4.79 Å². The molecule has 0 saturated heterocycles. The number of thioether (sulfide) groups is 1. The number of hydrogen-bond donors (Lipinski definition) is 1. The molecule has 6 nitrogen and oxygen atoms in total. The molecule has 0 aliphatic heterocycles. The lowest BCUT2D eigenvalue weighted by molar-refractivity contribution is -0.118. The molecule has 1 aromatic heterocycles. The van der Waals surface area contributed by atoms with Gasteiger partial charge < -0.3 is 0 Å². The fraction of sp³-hybridized carbons (Fsp3) is 0.154. The van der Waals surface area contributed by atoms with Crippen LogP contribution in [0.3, 0.4) is 0 Å². The van der Waals surface area contributed by atoms with E-state index in [4.69, 9.17) is 0 Å². The number of rotatable bonds is 9. The minimum atomic E-state index is -0.193. The summed E-state index contributed by atoms with van der Waals surface area (Å²) in [6.07, 6.45) is 1.73. The van der Waals surface area contributed by atoms with Gasteiger partial charge in [0.2, 0.25) is 0 Å². The van der Waals surface area contributed by atoms with E-state index in [1.54, 1.807) is 0 Å². The van der Waals surface area contributed by atoms with Gasteiger partial charge in [0.05, 0.1) is 11.5 Å². The molecule has 0 atom stereocenters. The van der Waals surface area contributed by atoms with Crippen LogP contribution in [-0.2, 0) is 4.79 Å². The number of carbonyl (C=O) groups excluding carboxylic acids is 1. The van der Waals surface area contributed by atoms with E-state index in [-0.39, 0.29) is 11.7 Å². The van der Waals surface area contributed by atoms with Crippen molar-refractivity contribution in [3.8, 4) is 17.1 Å². The maximum Gasteiger partial charge on any atom is 0.250 e. The molecule has 0 aliphatic rings. The van der Waals surface area contributed by atoms with Crippen molar-refractivity contribution in [1.82, 2.24) is 20.2 Å². The number of benzene rings is 3. The Kier molecular flexibility index (Phi) is 8.27. The molecule has 1 amide bonds. The number of aromatic nitrogens is 3. The van der Waals surface area contributed by atoms with Crippen LogP contribution >= 0.6 is 27.7 Å². The smallest absolute Gasteiger partial charge is 0.250 e. The van der Waals surface area contributed by atoms with E-state index in [1.165, 1.54) is 11.8 Å². The first-order valence-corrected chi connectivity index (χ1v) is 12.7. The standard InChI is InChI=1S/C26H24BrN5OS/c1-2-10-23(19-11-5-3-6-12-19)28-29-24(33)18-34-26-31-30-25(20-13-9-14-21(27)17-20)32(26)22-15-7-4-8-16-22/h3-9,11-17H,2,10,18H2,1H3,(H,29,33)/b28-23+. The van der Waals surface area contributed by atoms with Crippen molar-refractivity contribution >= 4 is 39.3 Å². The highest BCUT2D eigenvalue weighted by Crippen LogP contribution is 2.29. The van der Waals surface area contributed by atoms with Crippen molar-refractivity contribution in [3.05, 3.63) is 95.0 Å². The lowest BCUT2D eigenvalue weighted by Gasteiger charge is -2.10. The van der Waals surface area contributed by atoms with E-state index in [2.05, 4.69) is 43.6 Å². The molecule has 0 saturated carbocycles. The molecular formula is C26H24BrN5OS. The van der Waals surface area contributed by atoms with Gasteiger partial charge in [-0.2, -0.15) is 5.10 Å². The molecular weight excluding hydrogens is 510 g/mol. The van der Waals surface area contributed by atoms with Gasteiger partial charge in [0.1, 0.15) is 0 Å². The number of para-hydroxylation sites is 1. The van der Waals surface area contributed by atoms with E-state index >= 15 is 0 Å². The molecule has 0 spiro atoms. The lowest BCUT2D eigenvalue weighted by Crippen LogP contribution is -2.22. The van der Waals surface area contributed by atoms with Crippen LogP contribution in [0.2, 0.25) is 0 Å². The molecule has 0 unspecified atom stereocenters. The van der Waals surface area contributed by atoms with Crippen molar-refractivity contribution < 1.29 is 4.79 Å². The maximum atomic E-state index is 12.6. The summed E-state index contributed by atoms with van der Waals surface area (Å²) in [6.45, 7) is 2.09. The average Bonchev–Trinajstić information content (AvgIpc) is 3.30. The molecule has 3 aromatic carbocycles. The predicted molar refractivity (Wildman–Crippen MR) is 141 cm³/mol. The number of amides is 1. The molecule has 4 aromatic rings. The van der Waals surface area contributed by atoms with Gasteiger partial charge in [0.15, 0.2) is 11.0 Å². The van der Waals surface area contributed by atoms with Crippen molar-refractivity contribution in [2.75, 3.05) is 5.75 Å². The van der Waals surface area contributed by atoms with Crippen LogP contribution in [0, 0.1) is 0 Å². The third-order valence-electron chi connectivity index (χ3n) is 4.97.